The quantitative estimate of drug-likeness (QED) is 0.589. The number of hydrogen-bond donors (Lipinski definition) is 1. The standard InChI is InChI=1S/C17H13N5O/c1-18-16-17-21-19-10-22(17)14-9-12(7-8-13(14)20-16)15(23)11-5-3-2-4-6-11/h2-10H,1H3,(H,18,20). The minimum absolute atomic E-state index is 0.0218. The Labute approximate surface area is 131 Å². The predicted molar refractivity (Wildman–Crippen MR) is 87.7 cm³/mol. The number of rotatable bonds is 3. The number of nitrogens with one attached hydrogen (secondary N) is 1. The fourth-order valence-corrected chi connectivity index (χ4v) is 2.62. The van der Waals surface area contributed by atoms with Crippen LogP contribution in [-0.2, 0) is 0 Å². The summed E-state index contributed by atoms with van der Waals surface area (Å²) in [5.41, 5.74) is 3.46. The van der Waals surface area contributed by atoms with E-state index in [1.807, 2.05) is 46.9 Å². The number of nitrogens with zero attached hydrogens (tertiary/aromatic N) is 4. The molecule has 2 aromatic heterocycles. The second-order valence-electron chi connectivity index (χ2n) is 5.13. The molecule has 4 rings (SSSR count). The monoisotopic (exact) mass is 303 g/mol. The van der Waals surface area contributed by atoms with Crippen LogP contribution in [0.1, 0.15) is 15.9 Å². The lowest BCUT2D eigenvalue weighted by atomic mass is 10.0. The number of ketones is 1. The third kappa shape index (κ3) is 2.12. The number of aromatic nitrogens is 4. The van der Waals surface area contributed by atoms with Gasteiger partial charge in [0.15, 0.2) is 11.6 Å². The van der Waals surface area contributed by atoms with Crippen LogP contribution < -0.4 is 5.32 Å². The third-order valence-corrected chi connectivity index (χ3v) is 3.76. The summed E-state index contributed by atoms with van der Waals surface area (Å²) in [4.78, 5) is 17.1. The lowest BCUT2D eigenvalue weighted by molar-refractivity contribution is 0.103. The van der Waals surface area contributed by atoms with Crippen LogP contribution in [-0.4, -0.2) is 32.4 Å². The zero-order valence-corrected chi connectivity index (χ0v) is 12.4. The molecule has 0 fully saturated rings. The summed E-state index contributed by atoms with van der Waals surface area (Å²) >= 11 is 0. The summed E-state index contributed by atoms with van der Waals surface area (Å²) in [5, 5.41) is 11.0. The lowest BCUT2D eigenvalue weighted by Gasteiger charge is -2.07. The summed E-state index contributed by atoms with van der Waals surface area (Å²) in [7, 11) is 1.79. The third-order valence-electron chi connectivity index (χ3n) is 3.76. The molecule has 0 aliphatic heterocycles. The molecule has 1 N–H and O–H groups in total. The van der Waals surface area contributed by atoms with Gasteiger partial charge in [-0.1, -0.05) is 30.3 Å². The first-order valence-electron chi connectivity index (χ1n) is 7.19. The number of anilines is 1. The summed E-state index contributed by atoms with van der Waals surface area (Å²) in [6.07, 6.45) is 1.62. The van der Waals surface area contributed by atoms with Crippen LogP contribution >= 0.6 is 0 Å². The second kappa shape index (κ2) is 5.17. The number of carbonyl (C=O) groups excluding carboxylic acids is 1. The van der Waals surface area contributed by atoms with Crippen LogP contribution in [0.5, 0.6) is 0 Å². The van der Waals surface area contributed by atoms with Crippen molar-refractivity contribution in [3.63, 3.8) is 0 Å². The van der Waals surface area contributed by atoms with Crippen molar-refractivity contribution in [2.75, 3.05) is 12.4 Å². The molecule has 0 bridgehead atoms. The van der Waals surface area contributed by atoms with E-state index in [2.05, 4.69) is 20.5 Å². The maximum absolute atomic E-state index is 12.6. The van der Waals surface area contributed by atoms with E-state index in [9.17, 15) is 4.79 Å². The van der Waals surface area contributed by atoms with Gasteiger partial charge in [0.25, 0.3) is 0 Å². The maximum Gasteiger partial charge on any atom is 0.203 e. The van der Waals surface area contributed by atoms with E-state index in [-0.39, 0.29) is 5.78 Å². The molecule has 2 heterocycles. The van der Waals surface area contributed by atoms with Crippen LogP contribution in [0.3, 0.4) is 0 Å². The van der Waals surface area contributed by atoms with Crippen LogP contribution in [0.25, 0.3) is 16.7 Å². The van der Waals surface area contributed by atoms with E-state index in [1.54, 1.807) is 19.4 Å². The summed E-state index contributed by atoms with van der Waals surface area (Å²) in [6.45, 7) is 0. The van der Waals surface area contributed by atoms with E-state index >= 15 is 0 Å². The Hall–Kier alpha value is -3.28. The first kappa shape index (κ1) is 13.4. The predicted octanol–water partition coefficient (Wildman–Crippen LogP) is 2.55. The van der Waals surface area contributed by atoms with Gasteiger partial charge in [0.1, 0.15) is 6.33 Å². The average Bonchev–Trinajstić information content (AvgIpc) is 3.11. The van der Waals surface area contributed by atoms with Crippen molar-refractivity contribution in [1.82, 2.24) is 19.6 Å². The topological polar surface area (TPSA) is 72.2 Å². The zero-order valence-electron chi connectivity index (χ0n) is 12.4. The van der Waals surface area contributed by atoms with E-state index < -0.39 is 0 Å². The SMILES string of the molecule is CNc1nc2ccc(C(=O)c3ccccc3)cc2n2cnnc12. The van der Waals surface area contributed by atoms with Crippen molar-refractivity contribution in [2.24, 2.45) is 0 Å². The van der Waals surface area contributed by atoms with Crippen LogP contribution in [0.4, 0.5) is 5.82 Å². The van der Waals surface area contributed by atoms with Gasteiger partial charge in [-0.25, -0.2) is 4.98 Å². The van der Waals surface area contributed by atoms with E-state index in [4.69, 9.17) is 0 Å². The van der Waals surface area contributed by atoms with Gasteiger partial charge in [-0.15, -0.1) is 10.2 Å². The molecule has 0 unspecified atom stereocenters. The minimum atomic E-state index is -0.0218. The smallest absolute Gasteiger partial charge is 0.203 e. The van der Waals surface area contributed by atoms with Gasteiger partial charge in [-0.05, 0) is 18.2 Å². The maximum atomic E-state index is 12.6. The largest absolute Gasteiger partial charge is 0.370 e. The number of hydrogen-bond acceptors (Lipinski definition) is 5. The van der Waals surface area contributed by atoms with Crippen molar-refractivity contribution in [3.05, 3.63) is 66.0 Å². The van der Waals surface area contributed by atoms with Gasteiger partial charge in [0, 0.05) is 18.2 Å². The molecule has 6 heteroatoms. The summed E-state index contributed by atoms with van der Waals surface area (Å²) < 4.78 is 1.83. The lowest BCUT2D eigenvalue weighted by Crippen LogP contribution is -2.03. The Balaban J connectivity index is 1.93. The molecule has 23 heavy (non-hydrogen) atoms. The fraction of sp³-hybridized carbons (Fsp3) is 0.0588. The van der Waals surface area contributed by atoms with Crippen LogP contribution in [0.15, 0.2) is 54.9 Å². The molecule has 2 aromatic carbocycles. The molecule has 0 atom stereocenters. The summed E-state index contributed by atoms with van der Waals surface area (Å²) in [6, 6.07) is 14.7. The molecule has 0 saturated carbocycles. The highest BCUT2D eigenvalue weighted by Gasteiger charge is 2.13. The Kier molecular flexibility index (Phi) is 3.01. The van der Waals surface area contributed by atoms with Gasteiger partial charge < -0.3 is 5.32 Å². The molecule has 112 valence electrons. The van der Waals surface area contributed by atoms with Crippen LogP contribution in [0, 0.1) is 0 Å². The van der Waals surface area contributed by atoms with Gasteiger partial charge >= 0.3 is 0 Å². The highest BCUT2D eigenvalue weighted by atomic mass is 16.1. The normalized spacial score (nSPS) is 11.0. The number of carbonyl (C=O) groups is 1. The molecule has 4 aromatic rings. The Morgan fingerprint density at radius 2 is 1.91 bits per heavy atom. The molecule has 0 saturated heterocycles. The fourth-order valence-electron chi connectivity index (χ4n) is 2.62. The highest BCUT2D eigenvalue weighted by Crippen LogP contribution is 2.22. The minimum Gasteiger partial charge on any atom is -0.370 e. The molecular formula is C17H13N5O. The average molecular weight is 303 g/mol. The Morgan fingerprint density at radius 1 is 1.09 bits per heavy atom. The zero-order chi connectivity index (χ0) is 15.8. The van der Waals surface area contributed by atoms with Gasteiger partial charge in [-0.3, -0.25) is 9.20 Å². The van der Waals surface area contributed by atoms with Crippen molar-refractivity contribution < 1.29 is 4.79 Å². The first-order valence-corrected chi connectivity index (χ1v) is 7.19. The Morgan fingerprint density at radius 3 is 2.70 bits per heavy atom. The molecule has 0 radical (unpaired) electrons. The first-order chi connectivity index (χ1) is 11.3. The highest BCUT2D eigenvalue weighted by molar-refractivity contribution is 6.10. The Bertz CT molecular complexity index is 1020. The van der Waals surface area contributed by atoms with E-state index in [0.29, 0.717) is 22.6 Å². The van der Waals surface area contributed by atoms with Crippen molar-refractivity contribution in [2.45, 2.75) is 0 Å². The summed E-state index contributed by atoms with van der Waals surface area (Å²) in [5.74, 6) is 0.628. The molecule has 6 nitrogen and oxygen atoms in total. The van der Waals surface area contributed by atoms with Crippen molar-refractivity contribution in [1.29, 1.82) is 0 Å². The van der Waals surface area contributed by atoms with E-state index in [0.717, 1.165) is 11.0 Å². The van der Waals surface area contributed by atoms with E-state index in [1.165, 1.54) is 0 Å². The second-order valence-corrected chi connectivity index (χ2v) is 5.13. The van der Waals surface area contributed by atoms with Gasteiger partial charge in [0.05, 0.1) is 11.0 Å². The van der Waals surface area contributed by atoms with Crippen molar-refractivity contribution >= 4 is 28.3 Å². The molecule has 0 amide bonds. The van der Waals surface area contributed by atoms with Gasteiger partial charge in [0.2, 0.25) is 5.65 Å². The molecule has 0 aliphatic carbocycles. The number of fused-ring (bicyclic) bond motifs is 3. The molecule has 0 aliphatic rings. The molecule has 0 spiro atoms. The van der Waals surface area contributed by atoms with Gasteiger partial charge in [-0.2, -0.15) is 0 Å². The molecular weight excluding hydrogens is 290 g/mol. The van der Waals surface area contributed by atoms with Crippen LogP contribution in [0.2, 0.25) is 0 Å². The number of benzene rings is 2. The van der Waals surface area contributed by atoms with Crippen molar-refractivity contribution in [3.8, 4) is 0 Å².